The molecule has 0 radical (unpaired) electrons. The summed E-state index contributed by atoms with van der Waals surface area (Å²) in [6.45, 7) is 0. The van der Waals surface area contributed by atoms with E-state index in [0.717, 1.165) is 29.8 Å². The topological polar surface area (TPSA) is 37.4 Å². The van der Waals surface area contributed by atoms with E-state index in [2.05, 4.69) is 0 Å². The number of anilines is 1. The van der Waals surface area contributed by atoms with Crippen LogP contribution in [0.3, 0.4) is 0 Å². The molecule has 1 heterocycles. The van der Waals surface area contributed by atoms with E-state index in [1.807, 2.05) is 30.5 Å². The van der Waals surface area contributed by atoms with E-state index in [1.165, 1.54) is 4.90 Å². The van der Waals surface area contributed by atoms with Crippen LogP contribution in [0.4, 0.5) is 5.69 Å². The number of hydrogen-bond donors (Lipinski definition) is 0. The van der Waals surface area contributed by atoms with Crippen molar-refractivity contribution in [1.82, 2.24) is 0 Å². The van der Waals surface area contributed by atoms with Crippen LogP contribution in [0.2, 0.25) is 0 Å². The molecule has 0 aromatic heterocycles. The molecule has 2 saturated carbocycles. The third kappa shape index (κ3) is 1.54. The van der Waals surface area contributed by atoms with Gasteiger partial charge in [-0.3, -0.25) is 14.5 Å². The summed E-state index contributed by atoms with van der Waals surface area (Å²) in [6, 6.07) is 7.74. The van der Waals surface area contributed by atoms with Crippen molar-refractivity contribution >= 4 is 29.3 Å². The van der Waals surface area contributed by atoms with Gasteiger partial charge in [0.05, 0.1) is 17.5 Å². The molecule has 2 bridgehead atoms. The van der Waals surface area contributed by atoms with Crippen molar-refractivity contribution in [2.75, 3.05) is 11.2 Å². The van der Waals surface area contributed by atoms with Gasteiger partial charge in [0.2, 0.25) is 11.8 Å². The number of amides is 2. The maximum Gasteiger partial charge on any atom is 0.237 e. The van der Waals surface area contributed by atoms with Gasteiger partial charge in [0.15, 0.2) is 0 Å². The lowest BCUT2D eigenvalue weighted by molar-refractivity contribution is -0.123. The molecule has 4 rings (SSSR count). The van der Waals surface area contributed by atoms with Crippen LogP contribution in [0.1, 0.15) is 19.3 Å². The SMILES string of the molecule is CSc1ccc(N2C(=O)C3C4CCC(C4)C3C2=O)cc1. The molecule has 1 saturated heterocycles. The van der Waals surface area contributed by atoms with Gasteiger partial charge in [-0.1, -0.05) is 0 Å². The fraction of sp³-hybridized carbons (Fsp3) is 0.500. The van der Waals surface area contributed by atoms with Crippen LogP contribution in [-0.4, -0.2) is 18.1 Å². The molecule has 2 amide bonds. The molecule has 4 atom stereocenters. The average molecular weight is 287 g/mol. The smallest absolute Gasteiger partial charge is 0.237 e. The lowest BCUT2D eigenvalue weighted by atomic mass is 9.81. The van der Waals surface area contributed by atoms with E-state index >= 15 is 0 Å². The Labute approximate surface area is 122 Å². The normalized spacial score (nSPS) is 35.0. The summed E-state index contributed by atoms with van der Waals surface area (Å²) in [5.74, 6) is 0.949. The van der Waals surface area contributed by atoms with Crippen molar-refractivity contribution in [3.63, 3.8) is 0 Å². The largest absolute Gasteiger partial charge is 0.274 e. The summed E-state index contributed by atoms with van der Waals surface area (Å²) in [5.41, 5.74) is 0.742. The van der Waals surface area contributed by atoms with Gasteiger partial charge < -0.3 is 0 Å². The Morgan fingerprint density at radius 3 is 2.05 bits per heavy atom. The number of rotatable bonds is 2. The third-order valence-electron chi connectivity index (χ3n) is 5.26. The van der Waals surface area contributed by atoms with Crippen LogP contribution in [-0.2, 0) is 9.59 Å². The number of fused-ring (bicyclic) bond motifs is 5. The Balaban J connectivity index is 1.69. The molecular formula is C16H17NO2S. The highest BCUT2D eigenvalue weighted by Gasteiger charge is 2.61. The fourth-order valence-electron chi connectivity index (χ4n) is 4.39. The average Bonchev–Trinajstić information content (AvgIpc) is 3.14. The molecule has 0 spiro atoms. The summed E-state index contributed by atoms with van der Waals surface area (Å²) < 4.78 is 0. The van der Waals surface area contributed by atoms with Crippen molar-refractivity contribution in [3.8, 4) is 0 Å². The zero-order valence-electron chi connectivity index (χ0n) is 11.4. The van der Waals surface area contributed by atoms with Gasteiger partial charge in [-0.15, -0.1) is 11.8 Å². The van der Waals surface area contributed by atoms with Gasteiger partial charge in [-0.25, -0.2) is 0 Å². The minimum atomic E-state index is -0.0264. The first-order valence-corrected chi connectivity index (χ1v) is 8.45. The molecule has 1 aromatic rings. The van der Waals surface area contributed by atoms with Gasteiger partial charge in [0.25, 0.3) is 0 Å². The second-order valence-electron chi connectivity index (χ2n) is 6.09. The molecule has 1 aliphatic heterocycles. The first-order valence-electron chi connectivity index (χ1n) is 7.22. The van der Waals surface area contributed by atoms with Gasteiger partial charge in [0, 0.05) is 4.90 Å². The van der Waals surface area contributed by atoms with E-state index in [1.54, 1.807) is 11.8 Å². The summed E-state index contributed by atoms with van der Waals surface area (Å²) in [4.78, 5) is 27.9. The zero-order valence-corrected chi connectivity index (χ0v) is 12.2. The summed E-state index contributed by atoms with van der Waals surface area (Å²) in [6.07, 6.45) is 5.36. The minimum Gasteiger partial charge on any atom is -0.274 e. The predicted molar refractivity (Wildman–Crippen MR) is 78.5 cm³/mol. The van der Waals surface area contributed by atoms with Crippen molar-refractivity contribution in [2.24, 2.45) is 23.7 Å². The number of thioether (sulfide) groups is 1. The number of hydrogen-bond acceptors (Lipinski definition) is 3. The van der Waals surface area contributed by atoms with E-state index in [-0.39, 0.29) is 23.7 Å². The van der Waals surface area contributed by atoms with Crippen molar-refractivity contribution < 1.29 is 9.59 Å². The number of carbonyl (C=O) groups excluding carboxylic acids is 2. The van der Waals surface area contributed by atoms with E-state index in [0.29, 0.717) is 11.8 Å². The van der Waals surface area contributed by atoms with Crippen LogP contribution in [0.25, 0.3) is 0 Å². The van der Waals surface area contributed by atoms with Gasteiger partial charge >= 0.3 is 0 Å². The lowest BCUT2D eigenvalue weighted by Gasteiger charge is -2.19. The Bertz CT molecular complexity index is 555. The van der Waals surface area contributed by atoms with Crippen LogP contribution < -0.4 is 4.90 Å². The Kier molecular flexibility index (Phi) is 2.71. The highest BCUT2D eigenvalue weighted by atomic mass is 32.2. The molecule has 3 nitrogen and oxygen atoms in total. The standard InChI is InChI=1S/C16H17NO2S/c1-20-12-6-4-11(5-7-12)17-15(18)13-9-2-3-10(8-9)14(13)16(17)19/h4-7,9-10,13-14H,2-3,8H2,1H3. The summed E-state index contributed by atoms with van der Waals surface area (Å²) >= 11 is 1.66. The van der Waals surface area contributed by atoms with Crippen LogP contribution in [0.5, 0.6) is 0 Å². The van der Waals surface area contributed by atoms with E-state index in [9.17, 15) is 9.59 Å². The van der Waals surface area contributed by atoms with Gasteiger partial charge in [-0.05, 0) is 61.6 Å². The molecule has 3 aliphatic rings. The highest BCUT2D eigenvalue weighted by Crippen LogP contribution is 2.56. The van der Waals surface area contributed by atoms with Crippen LogP contribution in [0, 0.1) is 23.7 Å². The monoisotopic (exact) mass is 287 g/mol. The number of nitrogens with zero attached hydrogens (tertiary/aromatic N) is 1. The maximum absolute atomic E-state index is 12.6. The Hall–Kier alpha value is -1.29. The molecule has 4 unspecified atom stereocenters. The second kappa shape index (κ2) is 4.35. The molecule has 104 valence electrons. The van der Waals surface area contributed by atoms with E-state index < -0.39 is 0 Å². The van der Waals surface area contributed by atoms with Gasteiger partial charge in [-0.2, -0.15) is 0 Å². The quantitative estimate of drug-likeness (QED) is 0.620. The summed E-state index contributed by atoms with van der Waals surface area (Å²) in [5, 5.41) is 0. The van der Waals surface area contributed by atoms with Crippen LogP contribution >= 0.6 is 11.8 Å². The first-order chi connectivity index (χ1) is 9.70. The molecule has 0 N–H and O–H groups in total. The van der Waals surface area contributed by atoms with Gasteiger partial charge in [0.1, 0.15) is 0 Å². The molecule has 1 aromatic carbocycles. The van der Waals surface area contributed by atoms with Crippen molar-refractivity contribution in [1.29, 1.82) is 0 Å². The predicted octanol–water partition coefficient (Wildman–Crippen LogP) is 2.94. The number of carbonyl (C=O) groups is 2. The second-order valence-corrected chi connectivity index (χ2v) is 6.97. The molecule has 4 heteroatoms. The van der Waals surface area contributed by atoms with E-state index in [4.69, 9.17) is 0 Å². The molecule has 20 heavy (non-hydrogen) atoms. The number of imide groups is 1. The number of benzene rings is 1. The summed E-state index contributed by atoms with van der Waals surface area (Å²) in [7, 11) is 0. The Morgan fingerprint density at radius 1 is 1.00 bits per heavy atom. The lowest BCUT2D eigenvalue weighted by Crippen LogP contribution is -2.32. The Morgan fingerprint density at radius 2 is 1.55 bits per heavy atom. The van der Waals surface area contributed by atoms with Crippen molar-refractivity contribution in [2.45, 2.75) is 24.2 Å². The fourth-order valence-corrected chi connectivity index (χ4v) is 4.80. The molecule has 2 aliphatic carbocycles. The maximum atomic E-state index is 12.6. The highest BCUT2D eigenvalue weighted by molar-refractivity contribution is 7.98. The minimum absolute atomic E-state index is 0.0264. The molecular weight excluding hydrogens is 270 g/mol. The van der Waals surface area contributed by atoms with Crippen molar-refractivity contribution in [3.05, 3.63) is 24.3 Å². The molecule has 3 fully saturated rings. The van der Waals surface area contributed by atoms with Crippen LogP contribution in [0.15, 0.2) is 29.2 Å². The third-order valence-corrected chi connectivity index (χ3v) is 6.00. The first kappa shape index (κ1) is 12.5. The zero-order chi connectivity index (χ0) is 13.9.